The maximum absolute atomic E-state index is 14.3. The third-order valence-corrected chi connectivity index (χ3v) is 6.67. The zero-order valence-electron chi connectivity index (χ0n) is 19.2. The average Bonchev–Trinajstić information content (AvgIpc) is 3.60. The van der Waals surface area contributed by atoms with Gasteiger partial charge in [0, 0.05) is 19.0 Å². The van der Waals surface area contributed by atoms with E-state index in [2.05, 4.69) is 0 Å². The fraction of sp³-hybridized carbons (Fsp3) is 0.680. The van der Waals surface area contributed by atoms with Gasteiger partial charge in [-0.3, -0.25) is 4.79 Å². The molecule has 7 heteroatoms. The summed E-state index contributed by atoms with van der Waals surface area (Å²) in [6.45, 7) is 7.74. The highest BCUT2D eigenvalue weighted by Gasteiger charge is 2.44. The molecule has 2 atom stereocenters. The Morgan fingerprint density at radius 3 is 2.25 bits per heavy atom. The molecule has 0 radical (unpaired) electrons. The molecule has 1 aliphatic heterocycles. The van der Waals surface area contributed by atoms with Crippen LogP contribution in [0.5, 0.6) is 0 Å². The van der Waals surface area contributed by atoms with Crippen LogP contribution >= 0.6 is 0 Å². The SMILES string of the molecule is CC(C)(C)OC(=O)N1CCC(C2CC2COCc2cc(F)c(C(=O)C3CC3)c(F)c2)CC1. The minimum absolute atomic E-state index is 0.131. The van der Waals surface area contributed by atoms with Crippen LogP contribution in [0, 0.1) is 35.3 Å². The number of amides is 1. The molecule has 2 unspecified atom stereocenters. The number of halogens is 2. The monoisotopic (exact) mass is 449 g/mol. The summed E-state index contributed by atoms with van der Waals surface area (Å²) in [6, 6.07) is 2.44. The Kier molecular flexibility index (Phi) is 6.57. The maximum Gasteiger partial charge on any atom is 0.410 e. The molecule has 3 fully saturated rings. The lowest BCUT2D eigenvalue weighted by Crippen LogP contribution is -2.42. The van der Waals surface area contributed by atoms with E-state index in [1.165, 1.54) is 12.1 Å². The van der Waals surface area contributed by atoms with Gasteiger partial charge >= 0.3 is 6.09 Å². The summed E-state index contributed by atoms with van der Waals surface area (Å²) in [6.07, 6.45) is 4.21. The highest BCUT2D eigenvalue weighted by atomic mass is 19.1. The summed E-state index contributed by atoms with van der Waals surface area (Å²) in [7, 11) is 0. The fourth-order valence-corrected chi connectivity index (χ4v) is 4.70. The fourth-order valence-electron chi connectivity index (χ4n) is 4.70. The molecule has 0 spiro atoms. The first-order chi connectivity index (χ1) is 15.1. The Hall–Kier alpha value is -2.02. The van der Waals surface area contributed by atoms with E-state index in [4.69, 9.17) is 9.47 Å². The van der Waals surface area contributed by atoms with Crippen molar-refractivity contribution in [3.63, 3.8) is 0 Å². The van der Waals surface area contributed by atoms with E-state index < -0.39 is 28.6 Å². The van der Waals surface area contributed by atoms with E-state index in [1.54, 1.807) is 4.90 Å². The molecule has 2 aliphatic carbocycles. The number of benzene rings is 1. The van der Waals surface area contributed by atoms with E-state index in [9.17, 15) is 18.4 Å². The average molecular weight is 450 g/mol. The number of piperidine rings is 1. The number of likely N-dealkylation sites (tertiary alicyclic amines) is 1. The second-order valence-electron chi connectivity index (χ2n) is 10.6. The molecule has 0 bridgehead atoms. The lowest BCUT2D eigenvalue weighted by molar-refractivity contribution is 0.0170. The Morgan fingerprint density at radius 1 is 1.06 bits per heavy atom. The standard InChI is InChI=1S/C25H33F2NO4/c1-25(2,3)32-24(30)28-8-6-16(7-9-28)19-12-18(19)14-31-13-15-10-20(26)22(21(27)11-15)23(29)17-4-5-17/h10-11,16-19H,4-9,12-14H2,1-3H3. The molecule has 176 valence electrons. The number of nitrogens with zero attached hydrogens (tertiary/aromatic N) is 1. The van der Waals surface area contributed by atoms with Gasteiger partial charge in [0.2, 0.25) is 0 Å². The molecular formula is C25H33F2NO4. The minimum Gasteiger partial charge on any atom is -0.444 e. The first-order valence-electron chi connectivity index (χ1n) is 11.7. The number of carbonyl (C=O) groups excluding carboxylic acids is 2. The largest absolute Gasteiger partial charge is 0.444 e. The summed E-state index contributed by atoms with van der Waals surface area (Å²) in [5, 5.41) is 0. The van der Waals surface area contributed by atoms with Crippen LogP contribution in [0.1, 0.15) is 68.8 Å². The number of hydrogen-bond donors (Lipinski definition) is 0. The van der Waals surface area contributed by atoms with Gasteiger partial charge in [-0.1, -0.05) is 0 Å². The molecule has 1 amide bonds. The molecule has 4 rings (SSSR count). The van der Waals surface area contributed by atoms with Crippen LogP contribution in [0.2, 0.25) is 0 Å². The van der Waals surface area contributed by atoms with Gasteiger partial charge in [0.25, 0.3) is 0 Å². The number of Topliss-reactive ketones (excluding diaryl/α,β-unsaturated/α-hetero) is 1. The van der Waals surface area contributed by atoms with Crippen molar-refractivity contribution in [2.24, 2.45) is 23.7 Å². The van der Waals surface area contributed by atoms with E-state index in [0.29, 0.717) is 55.9 Å². The van der Waals surface area contributed by atoms with E-state index in [1.807, 2.05) is 20.8 Å². The van der Waals surface area contributed by atoms with Crippen LogP contribution in [0.25, 0.3) is 0 Å². The van der Waals surface area contributed by atoms with Crippen LogP contribution in [0.4, 0.5) is 13.6 Å². The first-order valence-corrected chi connectivity index (χ1v) is 11.7. The van der Waals surface area contributed by atoms with Crippen molar-refractivity contribution in [1.29, 1.82) is 0 Å². The Bertz CT molecular complexity index is 846. The normalized spacial score (nSPS) is 23.8. The van der Waals surface area contributed by atoms with Crippen LogP contribution < -0.4 is 0 Å². The smallest absolute Gasteiger partial charge is 0.410 e. The molecule has 1 saturated heterocycles. The Labute approximate surface area is 188 Å². The summed E-state index contributed by atoms with van der Waals surface area (Å²) >= 11 is 0. The van der Waals surface area contributed by atoms with E-state index in [-0.39, 0.29) is 18.6 Å². The Morgan fingerprint density at radius 2 is 1.69 bits per heavy atom. The lowest BCUT2D eigenvalue weighted by Gasteiger charge is -2.33. The summed E-state index contributed by atoms with van der Waals surface area (Å²) in [4.78, 5) is 26.0. The molecule has 32 heavy (non-hydrogen) atoms. The van der Waals surface area contributed by atoms with Gasteiger partial charge < -0.3 is 14.4 Å². The number of hydrogen-bond acceptors (Lipinski definition) is 4. The van der Waals surface area contributed by atoms with Crippen LogP contribution in [0.15, 0.2) is 12.1 Å². The number of carbonyl (C=O) groups is 2. The second-order valence-corrected chi connectivity index (χ2v) is 10.6. The van der Waals surface area contributed by atoms with Crippen LogP contribution in [0.3, 0.4) is 0 Å². The van der Waals surface area contributed by atoms with Crippen molar-refractivity contribution in [2.45, 2.75) is 65.1 Å². The molecule has 2 saturated carbocycles. The molecule has 3 aliphatic rings. The van der Waals surface area contributed by atoms with Gasteiger partial charge in [-0.2, -0.15) is 0 Å². The molecule has 1 heterocycles. The summed E-state index contributed by atoms with van der Waals surface area (Å²) in [5.41, 5.74) is -0.474. The highest BCUT2D eigenvalue weighted by Crippen LogP contribution is 2.48. The molecule has 0 aromatic heterocycles. The van der Waals surface area contributed by atoms with Crippen molar-refractivity contribution in [3.05, 3.63) is 34.9 Å². The van der Waals surface area contributed by atoms with Gasteiger partial charge in [0.1, 0.15) is 17.2 Å². The molecular weight excluding hydrogens is 416 g/mol. The molecule has 1 aromatic rings. The second kappa shape index (κ2) is 9.08. The van der Waals surface area contributed by atoms with Crippen molar-refractivity contribution >= 4 is 11.9 Å². The van der Waals surface area contributed by atoms with Gasteiger partial charge in [-0.25, -0.2) is 13.6 Å². The van der Waals surface area contributed by atoms with Gasteiger partial charge in [0.05, 0.1) is 18.8 Å². The zero-order valence-corrected chi connectivity index (χ0v) is 19.2. The maximum atomic E-state index is 14.3. The van der Waals surface area contributed by atoms with E-state index >= 15 is 0 Å². The van der Waals surface area contributed by atoms with Gasteiger partial charge in [0.15, 0.2) is 5.78 Å². The first kappa shape index (κ1) is 23.1. The Balaban J connectivity index is 1.19. The third kappa shape index (κ3) is 5.66. The van der Waals surface area contributed by atoms with Crippen molar-refractivity contribution in [3.8, 4) is 0 Å². The number of rotatable bonds is 7. The van der Waals surface area contributed by atoms with Gasteiger partial charge in [-0.15, -0.1) is 0 Å². The zero-order chi connectivity index (χ0) is 23.0. The predicted molar refractivity (Wildman–Crippen MR) is 115 cm³/mol. The molecule has 1 aromatic carbocycles. The lowest BCUT2D eigenvalue weighted by atomic mass is 9.91. The highest BCUT2D eigenvalue weighted by molar-refractivity contribution is 5.99. The molecule has 0 N–H and O–H groups in total. The number of ether oxygens (including phenoxy) is 2. The molecule has 5 nitrogen and oxygen atoms in total. The van der Waals surface area contributed by atoms with Crippen LogP contribution in [-0.2, 0) is 16.1 Å². The predicted octanol–water partition coefficient (Wildman–Crippen LogP) is 5.36. The van der Waals surface area contributed by atoms with Crippen molar-refractivity contribution in [2.75, 3.05) is 19.7 Å². The number of ketones is 1. The van der Waals surface area contributed by atoms with Crippen LogP contribution in [-0.4, -0.2) is 42.1 Å². The van der Waals surface area contributed by atoms with E-state index in [0.717, 1.165) is 19.3 Å². The quantitative estimate of drug-likeness (QED) is 0.526. The summed E-state index contributed by atoms with van der Waals surface area (Å²) in [5.74, 6) is -0.607. The van der Waals surface area contributed by atoms with Gasteiger partial charge in [-0.05, 0) is 88.3 Å². The van der Waals surface area contributed by atoms with Crippen molar-refractivity contribution < 1.29 is 27.8 Å². The van der Waals surface area contributed by atoms with Crippen molar-refractivity contribution in [1.82, 2.24) is 4.90 Å². The summed E-state index contributed by atoms with van der Waals surface area (Å²) < 4.78 is 39.8. The minimum atomic E-state index is -0.790. The topological polar surface area (TPSA) is 55.8 Å². The third-order valence-electron chi connectivity index (χ3n) is 6.67.